The summed E-state index contributed by atoms with van der Waals surface area (Å²) >= 11 is 0. The predicted molar refractivity (Wildman–Crippen MR) is 113 cm³/mol. The van der Waals surface area contributed by atoms with Crippen LogP contribution < -0.4 is 0 Å². The van der Waals surface area contributed by atoms with Gasteiger partial charge in [-0.1, -0.05) is 31.9 Å². The molecule has 174 valence electrons. The second-order valence-electron chi connectivity index (χ2n) is 9.68. The van der Waals surface area contributed by atoms with Gasteiger partial charge in [0, 0.05) is 5.56 Å². The van der Waals surface area contributed by atoms with E-state index in [1.165, 1.54) is 37.8 Å². The van der Waals surface area contributed by atoms with Crippen molar-refractivity contribution < 1.29 is 26.3 Å². The molecule has 0 nitrogen and oxygen atoms in total. The molecule has 0 aromatic heterocycles. The lowest BCUT2D eigenvalue weighted by molar-refractivity contribution is -0.142. The number of halogens is 6. The first-order valence-electron chi connectivity index (χ1n) is 11.5. The first-order chi connectivity index (χ1) is 15.1. The van der Waals surface area contributed by atoms with E-state index in [-0.39, 0.29) is 17.0 Å². The molecule has 0 aliphatic heterocycles. The molecule has 2 saturated carbocycles. The zero-order valence-electron chi connectivity index (χ0n) is 18.1. The van der Waals surface area contributed by atoms with E-state index >= 15 is 0 Å². The summed E-state index contributed by atoms with van der Waals surface area (Å²) in [6.45, 7) is 2.32. The van der Waals surface area contributed by atoms with E-state index in [9.17, 15) is 26.3 Å². The van der Waals surface area contributed by atoms with Gasteiger partial charge in [0.05, 0.1) is 0 Å². The third kappa shape index (κ3) is 4.84. The lowest BCUT2D eigenvalue weighted by Gasteiger charge is -2.37. The minimum atomic E-state index is -5.15. The Morgan fingerprint density at radius 1 is 0.688 bits per heavy atom. The Morgan fingerprint density at radius 3 is 1.72 bits per heavy atom. The number of alkyl halides is 3. The van der Waals surface area contributed by atoms with Crippen LogP contribution in [0.3, 0.4) is 0 Å². The summed E-state index contributed by atoms with van der Waals surface area (Å²) in [4.78, 5) is 0. The smallest absolute Gasteiger partial charge is 0.206 e. The van der Waals surface area contributed by atoms with Crippen LogP contribution in [0, 0.1) is 35.2 Å². The average Bonchev–Trinajstić information content (AvgIpc) is 2.73. The molecule has 2 aromatic rings. The number of rotatable bonds is 3. The highest BCUT2D eigenvalue weighted by Crippen LogP contribution is 2.44. The molecule has 2 aromatic carbocycles. The highest BCUT2D eigenvalue weighted by Gasteiger charge is 2.38. The number of hydrogen-bond acceptors (Lipinski definition) is 0. The standard InChI is InChI=1S/C26H28F6/c1-15-2-4-16(5-3-15)17-6-8-18(9-7-17)19-10-11-21(22(27)12-19)20-13-23(28)25(24(29)14-20)26(30,31)32/h10-18H,2-9H2,1H3. The van der Waals surface area contributed by atoms with E-state index < -0.39 is 29.2 Å². The highest BCUT2D eigenvalue weighted by molar-refractivity contribution is 5.65. The maximum absolute atomic E-state index is 14.8. The second kappa shape index (κ2) is 9.11. The third-order valence-corrected chi connectivity index (χ3v) is 7.60. The van der Waals surface area contributed by atoms with Crippen LogP contribution in [0.15, 0.2) is 30.3 Å². The molecule has 32 heavy (non-hydrogen) atoms. The van der Waals surface area contributed by atoms with E-state index in [1.807, 2.05) is 0 Å². The Hall–Kier alpha value is -1.98. The van der Waals surface area contributed by atoms with Crippen molar-refractivity contribution >= 4 is 0 Å². The van der Waals surface area contributed by atoms with Crippen LogP contribution in [0.5, 0.6) is 0 Å². The van der Waals surface area contributed by atoms with Crippen molar-refractivity contribution in [2.45, 2.75) is 70.4 Å². The summed E-state index contributed by atoms with van der Waals surface area (Å²) in [7, 11) is 0. The first-order valence-corrected chi connectivity index (χ1v) is 11.5. The van der Waals surface area contributed by atoms with Crippen molar-refractivity contribution in [1.82, 2.24) is 0 Å². The fourth-order valence-electron chi connectivity index (χ4n) is 5.70. The molecule has 0 amide bonds. The summed E-state index contributed by atoms with van der Waals surface area (Å²) in [5, 5.41) is 0. The van der Waals surface area contributed by atoms with Crippen molar-refractivity contribution in [3.05, 3.63) is 58.9 Å². The van der Waals surface area contributed by atoms with Crippen LogP contribution >= 0.6 is 0 Å². The molecule has 2 fully saturated rings. The summed E-state index contributed by atoms with van der Waals surface area (Å²) in [6, 6.07) is 5.61. The minimum absolute atomic E-state index is 0.106. The van der Waals surface area contributed by atoms with Crippen LogP contribution in [-0.2, 0) is 6.18 Å². The van der Waals surface area contributed by atoms with E-state index in [4.69, 9.17) is 0 Å². The Kier molecular flexibility index (Phi) is 6.60. The Balaban J connectivity index is 1.46. The van der Waals surface area contributed by atoms with Crippen LogP contribution in [-0.4, -0.2) is 0 Å². The molecule has 2 aliphatic rings. The molecule has 0 N–H and O–H groups in total. The van der Waals surface area contributed by atoms with Gasteiger partial charge in [-0.15, -0.1) is 0 Å². The Labute approximate surface area is 185 Å². The zero-order chi connectivity index (χ0) is 23.0. The van der Waals surface area contributed by atoms with Gasteiger partial charge in [0.1, 0.15) is 23.0 Å². The largest absolute Gasteiger partial charge is 0.422 e. The van der Waals surface area contributed by atoms with E-state index in [2.05, 4.69) is 6.92 Å². The van der Waals surface area contributed by atoms with Crippen molar-refractivity contribution in [3.8, 4) is 11.1 Å². The Morgan fingerprint density at radius 2 is 1.22 bits per heavy atom. The number of hydrogen-bond donors (Lipinski definition) is 0. The average molecular weight is 454 g/mol. The fourth-order valence-corrected chi connectivity index (χ4v) is 5.70. The molecular weight excluding hydrogens is 426 g/mol. The van der Waals surface area contributed by atoms with E-state index in [1.54, 1.807) is 6.07 Å². The van der Waals surface area contributed by atoms with Crippen molar-refractivity contribution in [2.24, 2.45) is 17.8 Å². The molecule has 0 unspecified atom stereocenters. The molecule has 6 heteroatoms. The topological polar surface area (TPSA) is 0 Å². The minimum Gasteiger partial charge on any atom is -0.206 e. The van der Waals surface area contributed by atoms with Gasteiger partial charge in [-0.3, -0.25) is 0 Å². The van der Waals surface area contributed by atoms with Crippen LogP contribution in [0.4, 0.5) is 26.3 Å². The Bertz CT molecular complexity index is 924. The van der Waals surface area contributed by atoms with Gasteiger partial charge in [0.2, 0.25) is 0 Å². The normalized spacial score (nSPS) is 26.8. The summed E-state index contributed by atoms with van der Waals surface area (Å²) in [5.74, 6) is -1.56. The van der Waals surface area contributed by atoms with Gasteiger partial charge in [-0.05, 0) is 91.5 Å². The summed E-state index contributed by atoms with van der Waals surface area (Å²) < 4.78 is 81.0. The van der Waals surface area contributed by atoms with Gasteiger partial charge in [0.25, 0.3) is 0 Å². The van der Waals surface area contributed by atoms with Gasteiger partial charge < -0.3 is 0 Å². The van der Waals surface area contributed by atoms with Gasteiger partial charge in [-0.2, -0.15) is 13.2 Å². The lowest BCUT2D eigenvalue weighted by Crippen LogP contribution is -2.24. The van der Waals surface area contributed by atoms with Crippen molar-refractivity contribution in [1.29, 1.82) is 0 Å². The van der Waals surface area contributed by atoms with Crippen LogP contribution in [0.2, 0.25) is 0 Å². The third-order valence-electron chi connectivity index (χ3n) is 7.60. The molecule has 4 rings (SSSR count). The van der Waals surface area contributed by atoms with Crippen molar-refractivity contribution in [3.63, 3.8) is 0 Å². The number of benzene rings is 2. The molecule has 0 bridgehead atoms. The molecule has 0 heterocycles. The molecular formula is C26H28F6. The highest BCUT2D eigenvalue weighted by atomic mass is 19.4. The molecule has 2 aliphatic carbocycles. The maximum atomic E-state index is 14.8. The quantitative estimate of drug-likeness (QED) is 0.406. The van der Waals surface area contributed by atoms with Crippen LogP contribution in [0.1, 0.15) is 75.3 Å². The summed E-state index contributed by atoms with van der Waals surface area (Å²) in [6.07, 6.45) is 4.30. The predicted octanol–water partition coefficient (Wildman–Crippen LogP) is 8.89. The summed E-state index contributed by atoms with van der Waals surface area (Å²) in [5.41, 5.74) is -1.46. The van der Waals surface area contributed by atoms with Crippen LogP contribution in [0.25, 0.3) is 11.1 Å². The van der Waals surface area contributed by atoms with Gasteiger partial charge in [-0.25, -0.2) is 13.2 Å². The first kappa shape index (κ1) is 23.2. The molecule has 0 spiro atoms. The maximum Gasteiger partial charge on any atom is 0.422 e. The van der Waals surface area contributed by atoms with Crippen molar-refractivity contribution in [2.75, 3.05) is 0 Å². The molecule has 0 saturated heterocycles. The van der Waals surface area contributed by atoms with Gasteiger partial charge in [0.15, 0.2) is 0 Å². The monoisotopic (exact) mass is 454 g/mol. The second-order valence-corrected chi connectivity index (χ2v) is 9.68. The molecule has 0 atom stereocenters. The molecule has 0 radical (unpaired) electrons. The van der Waals surface area contributed by atoms with E-state index in [0.717, 1.165) is 49.0 Å². The zero-order valence-corrected chi connectivity index (χ0v) is 18.1. The fraction of sp³-hybridized carbons (Fsp3) is 0.538. The van der Waals surface area contributed by atoms with Gasteiger partial charge >= 0.3 is 6.18 Å². The SMILES string of the molecule is CC1CCC(C2CCC(c3ccc(-c4cc(F)c(C(F)(F)F)c(F)c4)c(F)c3)CC2)CC1. The lowest BCUT2D eigenvalue weighted by atomic mass is 9.68. The van der Waals surface area contributed by atoms with E-state index in [0.29, 0.717) is 12.1 Å².